The summed E-state index contributed by atoms with van der Waals surface area (Å²) in [7, 11) is 0. The van der Waals surface area contributed by atoms with Gasteiger partial charge in [0.15, 0.2) is 5.82 Å². The number of rotatable bonds is 1. The fourth-order valence-electron chi connectivity index (χ4n) is 1.77. The Balaban J connectivity index is 2.33. The average molecular weight is 241 g/mol. The van der Waals surface area contributed by atoms with Crippen molar-refractivity contribution in [3.8, 4) is 11.5 Å². The van der Waals surface area contributed by atoms with Crippen LogP contribution in [0.5, 0.6) is 0 Å². The zero-order valence-corrected chi connectivity index (χ0v) is 9.22. The number of hydrogen-bond donors (Lipinski definition) is 1. The van der Waals surface area contributed by atoms with Crippen LogP contribution in [0.1, 0.15) is 0 Å². The molecular formula is C13H8FN3O. The lowest BCUT2D eigenvalue weighted by atomic mass is 10.2. The molecule has 3 rings (SSSR count). The topological polar surface area (TPSA) is 58.6 Å². The molecule has 0 saturated carbocycles. The van der Waals surface area contributed by atoms with Gasteiger partial charge in [0.25, 0.3) is 5.56 Å². The van der Waals surface area contributed by atoms with Gasteiger partial charge < -0.3 is 4.98 Å². The summed E-state index contributed by atoms with van der Waals surface area (Å²) < 4.78 is 13.5. The Morgan fingerprint density at radius 1 is 1.11 bits per heavy atom. The highest BCUT2D eigenvalue weighted by atomic mass is 19.1. The molecule has 1 aromatic carbocycles. The van der Waals surface area contributed by atoms with E-state index in [0.29, 0.717) is 17.0 Å². The first-order valence-electron chi connectivity index (χ1n) is 5.35. The molecular weight excluding hydrogens is 233 g/mol. The van der Waals surface area contributed by atoms with Gasteiger partial charge in [-0.15, -0.1) is 0 Å². The van der Waals surface area contributed by atoms with Crippen molar-refractivity contribution in [2.45, 2.75) is 0 Å². The Bertz CT molecular complexity index is 768. The van der Waals surface area contributed by atoms with Crippen LogP contribution in [0.2, 0.25) is 0 Å². The van der Waals surface area contributed by atoms with E-state index in [9.17, 15) is 9.18 Å². The minimum absolute atomic E-state index is 0.0304. The summed E-state index contributed by atoms with van der Waals surface area (Å²) in [5.74, 6) is -0.243. The fraction of sp³-hybridized carbons (Fsp3) is 0. The molecule has 1 N–H and O–H groups in total. The smallest absolute Gasteiger partial charge is 0.262 e. The highest BCUT2D eigenvalue weighted by Crippen LogP contribution is 2.15. The van der Waals surface area contributed by atoms with Crippen LogP contribution in [0.4, 0.5) is 4.39 Å². The van der Waals surface area contributed by atoms with Gasteiger partial charge >= 0.3 is 0 Å². The molecule has 5 heteroatoms. The van der Waals surface area contributed by atoms with Gasteiger partial charge in [-0.3, -0.25) is 9.78 Å². The Morgan fingerprint density at radius 3 is 2.78 bits per heavy atom. The number of H-pyrrole nitrogens is 1. The summed E-state index contributed by atoms with van der Waals surface area (Å²) >= 11 is 0. The minimum atomic E-state index is -0.575. The van der Waals surface area contributed by atoms with Crippen molar-refractivity contribution >= 4 is 10.9 Å². The zero-order valence-electron chi connectivity index (χ0n) is 9.22. The van der Waals surface area contributed by atoms with E-state index in [1.807, 2.05) is 0 Å². The van der Waals surface area contributed by atoms with Gasteiger partial charge in [0.05, 0.1) is 5.52 Å². The highest BCUT2D eigenvalue weighted by Gasteiger charge is 2.09. The van der Waals surface area contributed by atoms with Crippen molar-refractivity contribution in [3.05, 3.63) is 58.8 Å². The molecule has 2 heterocycles. The van der Waals surface area contributed by atoms with Gasteiger partial charge in [0.2, 0.25) is 0 Å². The predicted octanol–water partition coefficient (Wildman–Crippen LogP) is 2.12. The van der Waals surface area contributed by atoms with Gasteiger partial charge in [0, 0.05) is 6.20 Å². The molecule has 2 aromatic heterocycles. The molecule has 0 unspecified atom stereocenters. The molecule has 0 spiro atoms. The van der Waals surface area contributed by atoms with Crippen LogP contribution < -0.4 is 5.56 Å². The van der Waals surface area contributed by atoms with Gasteiger partial charge in [-0.25, -0.2) is 9.37 Å². The molecule has 0 bridgehead atoms. The molecule has 18 heavy (non-hydrogen) atoms. The molecule has 88 valence electrons. The van der Waals surface area contributed by atoms with E-state index in [2.05, 4.69) is 15.0 Å². The second-order valence-electron chi connectivity index (χ2n) is 3.76. The number of aromatic nitrogens is 3. The molecule has 0 aliphatic carbocycles. The normalized spacial score (nSPS) is 10.7. The lowest BCUT2D eigenvalue weighted by Crippen LogP contribution is -2.11. The Hall–Kier alpha value is -2.56. The molecule has 4 nitrogen and oxygen atoms in total. The molecule has 0 atom stereocenters. The predicted molar refractivity (Wildman–Crippen MR) is 65.6 cm³/mol. The monoisotopic (exact) mass is 241 g/mol. The highest BCUT2D eigenvalue weighted by molar-refractivity contribution is 5.79. The molecule has 0 aliphatic heterocycles. The van der Waals surface area contributed by atoms with Gasteiger partial charge in [-0.2, -0.15) is 0 Å². The first-order valence-corrected chi connectivity index (χ1v) is 5.35. The van der Waals surface area contributed by atoms with Crippen molar-refractivity contribution in [1.29, 1.82) is 0 Å². The van der Waals surface area contributed by atoms with E-state index in [1.54, 1.807) is 30.5 Å². The second-order valence-corrected chi connectivity index (χ2v) is 3.76. The third-order valence-corrected chi connectivity index (χ3v) is 2.59. The van der Waals surface area contributed by atoms with Crippen molar-refractivity contribution in [2.75, 3.05) is 0 Å². The van der Waals surface area contributed by atoms with Gasteiger partial charge in [0.1, 0.15) is 16.9 Å². The number of halogens is 1. The summed E-state index contributed by atoms with van der Waals surface area (Å²) in [5.41, 5.74) is 0.360. The Kier molecular flexibility index (Phi) is 2.37. The number of hydrogen-bond acceptors (Lipinski definition) is 3. The maximum absolute atomic E-state index is 13.5. The third-order valence-electron chi connectivity index (χ3n) is 2.59. The molecule has 3 aromatic rings. The SMILES string of the molecule is O=c1[nH]c(-c2ccccn2)nc2cccc(F)c12. The summed E-state index contributed by atoms with van der Waals surface area (Å²) in [5, 5.41) is -0.0304. The largest absolute Gasteiger partial charge is 0.305 e. The van der Waals surface area contributed by atoms with Crippen LogP contribution in [0, 0.1) is 5.82 Å². The number of nitrogens with one attached hydrogen (secondary N) is 1. The number of fused-ring (bicyclic) bond motifs is 1. The summed E-state index contributed by atoms with van der Waals surface area (Å²) in [6, 6.07) is 9.63. The molecule has 0 fully saturated rings. The number of aromatic amines is 1. The first kappa shape index (κ1) is 10.6. The van der Waals surface area contributed by atoms with Crippen molar-refractivity contribution < 1.29 is 4.39 Å². The molecule has 0 aliphatic rings. The summed E-state index contributed by atoms with van der Waals surface area (Å²) in [6.45, 7) is 0. The minimum Gasteiger partial charge on any atom is -0.305 e. The lowest BCUT2D eigenvalue weighted by Gasteiger charge is -2.02. The average Bonchev–Trinajstić information content (AvgIpc) is 2.39. The molecule has 0 amide bonds. The standard InChI is InChI=1S/C13H8FN3O/c14-8-4-3-6-9-11(8)13(18)17-12(16-9)10-5-1-2-7-15-10/h1-7H,(H,16,17,18). The number of benzene rings is 1. The van der Waals surface area contributed by atoms with Gasteiger partial charge in [-0.1, -0.05) is 12.1 Å². The van der Waals surface area contributed by atoms with E-state index in [4.69, 9.17) is 0 Å². The Morgan fingerprint density at radius 2 is 2.00 bits per heavy atom. The number of nitrogens with zero attached hydrogens (tertiary/aromatic N) is 2. The maximum Gasteiger partial charge on any atom is 0.262 e. The number of pyridine rings is 1. The van der Waals surface area contributed by atoms with Crippen LogP contribution in [0.25, 0.3) is 22.4 Å². The van der Waals surface area contributed by atoms with E-state index in [-0.39, 0.29) is 5.39 Å². The maximum atomic E-state index is 13.5. The molecule has 0 radical (unpaired) electrons. The quantitative estimate of drug-likeness (QED) is 0.710. The van der Waals surface area contributed by atoms with E-state index >= 15 is 0 Å². The van der Waals surface area contributed by atoms with E-state index < -0.39 is 11.4 Å². The molecule has 0 saturated heterocycles. The second kappa shape index (κ2) is 4.03. The van der Waals surface area contributed by atoms with E-state index in [1.165, 1.54) is 12.1 Å². The van der Waals surface area contributed by atoms with Crippen LogP contribution in [0.15, 0.2) is 47.4 Å². The zero-order chi connectivity index (χ0) is 12.5. The van der Waals surface area contributed by atoms with Crippen LogP contribution in [0.3, 0.4) is 0 Å². The summed E-state index contributed by atoms with van der Waals surface area (Å²) in [4.78, 5) is 22.7. The Labute approximate surface area is 101 Å². The lowest BCUT2D eigenvalue weighted by molar-refractivity contribution is 0.638. The van der Waals surface area contributed by atoms with Crippen LogP contribution in [-0.2, 0) is 0 Å². The summed E-state index contributed by atoms with van der Waals surface area (Å²) in [6.07, 6.45) is 1.60. The van der Waals surface area contributed by atoms with Gasteiger partial charge in [-0.05, 0) is 24.3 Å². The van der Waals surface area contributed by atoms with Crippen molar-refractivity contribution in [3.63, 3.8) is 0 Å². The fourth-order valence-corrected chi connectivity index (χ4v) is 1.77. The van der Waals surface area contributed by atoms with Crippen LogP contribution in [-0.4, -0.2) is 15.0 Å². The van der Waals surface area contributed by atoms with Crippen molar-refractivity contribution in [1.82, 2.24) is 15.0 Å². The van der Waals surface area contributed by atoms with Crippen LogP contribution >= 0.6 is 0 Å². The van der Waals surface area contributed by atoms with E-state index in [0.717, 1.165) is 0 Å². The van der Waals surface area contributed by atoms with Crippen molar-refractivity contribution in [2.24, 2.45) is 0 Å². The first-order chi connectivity index (χ1) is 8.75. The third kappa shape index (κ3) is 1.66.